The molecule has 0 aliphatic heterocycles. The number of carbonyl (C=O) groups excluding carboxylic acids is 1. The highest BCUT2D eigenvalue weighted by molar-refractivity contribution is 5.91. The van der Waals surface area contributed by atoms with E-state index in [2.05, 4.69) is 20.4 Å². The first-order chi connectivity index (χ1) is 14.0. The molecule has 2 aromatic heterocycles. The van der Waals surface area contributed by atoms with Crippen molar-refractivity contribution < 1.29 is 9.53 Å². The van der Waals surface area contributed by atoms with E-state index >= 15 is 0 Å². The van der Waals surface area contributed by atoms with Crippen molar-refractivity contribution in [1.82, 2.24) is 19.7 Å². The number of aromatic nitrogens is 4. The number of hydrogen-bond acceptors (Lipinski definition) is 5. The zero-order valence-corrected chi connectivity index (χ0v) is 16.5. The first kappa shape index (κ1) is 18.9. The summed E-state index contributed by atoms with van der Waals surface area (Å²) in [4.78, 5) is 32.2. The highest BCUT2D eigenvalue weighted by Crippen LogP contribution is 2.19. The van der Waals surface area contributed by atoms with Crippen LogP contribution in [0.15, 0.2) is 35.1 Å². The fourth-order valence-electron chi connectivity index (χ4n) is 3.52. The molecule has 0 saturated heterocycles. The lowest BCUT2D eigenvalue weighted by atomic mass is 10.1. The van der Waals surface area contributed by atoms with E-state index in [0.29, 0.717) is 24.1 Å². The van der Waals surface area contributed by atoms with Crippen molar-refractivity contribution in [1.29, 1.82) is 0 Å². The molecular formula is C21H23N5O3. The summed E-state index contributed by atoms with van der Waals surface area (Å²) in [5.41, 5.74) is 3.01. The number of amides is 1. The quantitative estimate of drug-likeness (QED) is 0.669. The zero-order chi connectivity index (χ0) is 20.4. The van der Waals surface area contributed by atoms with E-state index in [9.17, 15) is 9.59 Å². The van der Waals surface area contributed by atoms with E-state index in [0.717, 1.165) is 41.8 Å². The molecule has 150 valence electrons. The van der Waals surface area contributed by atoms with Gasteiger partial charge in [-0.3, -0.25) is 14.6 Å². The predicted molar refractivity (Wildman–Crippen MR) is 109 cm³/mol. The van der Waals surface area contributed by atoms with Crippen molar-refractivity contribution in [2.45, 2.75) is 39.5 Å². The fourth-order valence-corrected chi connectivity index (χ4v) is 3.52. The van der Waals surface area contributed by atoms with E-state index in [-0.39, 0.29) is 17.9 Å². The number of H-pyrrole nitrogens is 1. The van der Waals surface area contributed by atoms with Gasteiger partial charge in [-0.05, 0) is 50.8 Å². The molecule has 1 aliphatic rings. The lowest BCUT2D eigenvalue weighted by molar-refractivity contribution is -0.115. The maximum Gasteiger partial charge on any atom is 0.255 e. The first-order valence-corrected chi connectivity index (χ1v) is 9.74. The summed E-state index contributed by atoms with van der Waals surface area (Å²) in [5.74, 6) is 1.38. The van der Waals surface area contributed by atoms with E-state index < -0.39 is 0 Å². The number of nitrogens with zero attached hydrogens (tertiary/aromatic N) is 3. The van der Waals surface area contributed by atoms with E-state index in [1.807, 2.05) is 38.1 Å². The molecule has 0 bridgehead atoms. The second-order valence-electron chi connectivity index (χ2n) is 7.05. The number of ether oxygens (including phenoxy) is 1. The number of carbonyl (C=O) groups is 1. The number of hydrogen-bond donors (Lipinski definition) is 2. The van der Waals surface area contributed by atoms with Gasteiger partial charge in [0.2, 0.25) is 11.9 Å². The Kier molecular flexibility index (Phi) is 5.16. The standard InChI is InChI=1S/C21H23N5O3/c1-3-29-15-9-7-14(8-10-15)12-19(27)23-18-11-13(2)25-26(18)21-22-17-6-4-5-16(17)20(28)24-21/h7-11H,3-6,12H2,1-2H3,(H,23,27)(H,22,24,28). The minimum atomic E-state index is -0.182. The zero-order valence-electron chi connectivity index (χ0n) is 16.5. The molecule has 0 atom stereocenters. The average Bonchev–Trinajstić information content (AvgIpc) is 3.30. The van der Waals surface area contributed by atoms with Gasteiger partial charge in [0, 0.05) is 11.6 Å². The summed E-state index contributed by atoms with van der Waals surface area (Å²) in [6.07, 6.45) is 2.68. The minimum Gasteiger partial charge on any atom is -0.494 e. The second-order valence-corrected chi connectivity index (χ2v) is 7.05. The fraction of sp³-hybridized carbons (Fsp3) is 0.333. The lowest BCUT2D eigenvalue weighted by Gasteiger charge is -2.10. The van der Waals surface area contributed by atoms with Crippen LogP contribution in [0.2, 0.25) is 0 Å². The summed E-state index contributed by atoms with van der Waals surface area (Å²) >= 11 is 0. The Labute approximate surface area is 167 Å². The van der Waals surface area contributed by atoms with Crippen molar-refractivity contribution in [3.8, 4) is 11.7 Å². The van der Waals surface area contributed by atoms with E-state index in [1.165, 1.54) is 4.68 Å². The Hall–Kier alpha value is -3.42. The van der Waals surface area contributed by atoms with Crippen LogP contribution in [0.5, 0.6) is 5.75 Å². The van der Waals surface area contributed by atoms with Crippen molar-refractivity contribution in [3.05, 3.63) is 63.2 Å². The van der Waals surface area contributed by atoms with Gasteiger partial charge >= 0.3 is 0 Å². The number of anilines is 1. The molecular weight excluding hydrogens is 370 g/mol. The lowest BCUT2D eigenvalue weighted by Crippen LogP contribution is -2.21. The molecule has 8 nitrogen and oxygen atoms in total. The van der Waals surface area contributed by atoms with Gasteiger partial charge in [-0.2, -0.15) is 9.78 Å². The summed E-state index contributed by atoms with van der Waals surface area (Å²) < 4.78 is 6.90. The smallest absolute Gasteiger partial charge is 0.255 e. The van der Waals surface area contributed by atoms with Gasteiger partial charge < -0.3 is 10.1 Å². The molecule has 2 heterocycles. The Morgan fingerprint density at radius 2 is 2.07 bits per heavy atom. The van der Waals surface area contributed by atoms with Crippen molar-refractivity contribution in [2.75, 3.05) is 11.9 Å². The van der Waals surface area contributed by atoms with Gasteiger partial charge in [-0.25, -0.2) is 4.98 Å². The molecule has 0 radical (unpaired) electrons. The third-order valence-electron chi connectivity index (χ3n) is 4.83. The predicted octanol–water partition coefficient (Wildman–Crippen LogP) is 2.33. The van der Waals surface area contributed by atoms with Gasteiger partial charge in [0.05, 0.1) is 24.4 Å². The highest BCUT2D eigenvalue weighted by atomic mass is 16.5. The molecule has 29 heavy (non-hydrogen) atoms. The van der Waals surface area contributed by atoms with Crippen molar-refractivity contribution in [2.24, 2.45) is 0 Å². The van der Waals surface area contributed by atoms with Crippen LogP contribution in [0.3, 0.4) is 0 Å². The van der Waals surface area contributed by atoms with Crippen LogP contribution in [0, 0.1) is 6.92 Å². The van der Waals surface area contributed by atoms with Crippen LogP contribution < -0.4 is 15.6 Å². The molecule has 0 saturated carbocycles. The molecule has 0 unspecified atom stereocenters. The molecule has 1 aromatic carbocycles. The Bertz CT molecular complexity index is 1100. The molecule has 0 spiro atoms. The number of aryl methyl sites for hydroxylation is 2. The number of benzene rings is 1. The molecule has 0 fully saturated rings. The maximum absolute atomic E-state index is 12.6. The number of rotatable bonds is 6. The summed E-state index contributed by atoms with van der Waals surface area (Å²) in [5, 5.41) is 7.27. The van der Waals surface area contributed by atoms with Gasteiger partial charge in [0.1, 0.15) is 11.6 Å². The molecule has 4 rings (SSSR count). The van der Waals surface area contributed by atoms with Crippen molar-refractivity contribution >= 4 is 11.7 Å². The third-order valence-corrected chi connectivity index (χ3v) is 4.83. The summed E-state index contributed by atoms with van der Waals surface area (Å²) in [6.45, 7) is 4.35. The maximum atomic E-state index is 12.6. The average molecular weight is 393 g/mol. The van der Waals surface area contributed by atoms with Crippen LogP contribution in [0.4, 0.5) is 5.82 Å². The van der Waals surface area contributed by atoms with E-state index in [4.69, 9.17) is 4.74 Å². The van der Waals surface area contributed by atoms with Crippen LogP contribution in [0.1, 0.15) is 35.9 Å². The second kappa shape index (κ2) is 7.90. The summed E-state index contributed by atoms with van der Waals surface area (Å²) in [7, 11) is 0. The molecule has 3 aromatic rings. The van der Waals surface area contributed by atoms with E-state index in [1.54, 1.807) is 6.07 Å². The Balaban J connectivity index is 1.53. The largest absolute Gasteiger partial charge is 0.494 e. The number of aromatic amines is 1. The first-order valence-electron chi connectivity index (χ1n) is 9.74. The Morgan fingerprint density at radius 1 is 1.28 bits per heavy atom. The van der Waals surface area contributed by atoms with Crippen LogP contribution in [0.25, 0.3) is 5.95 Å². The molecule has 1 aliphatic carbocycles. The Morgan fingerprint density at radius 3 is 2.83 bits per heavy atom. The molecule has 1 amide bonds. The third kappa shape index (κ3) is 4.06. The van der Waals surface area contributed by atoms with Crippen molar-refractivity contribution in [3.63, 3.8) is 0 Å². The van der Waals surface area contributed by atoms with Crippen LogP contribution in [-0.2, 0) is 24.1 Å². The minimum absolute atomic E-state index is 0.137. The normalized spacial score (nSPS) is 12.6. The van der Waals surface area contributed by atoms with Gasteiger partial charge in [0.15, 0.2) is 0 Å². The monoisotopic (exact) mass is 393 g/mol. The number of nitrogens with one attached hydrogen (secondary N) is 2. The number of fused-ring (bicyclic) bond motifs is 1. The summed E-state index contributed by atoms with van der Waals surface area (Å²) in [6, 6.07) is 9.18. The van der Waals surface area contributed by atoms with Crippen LogP contribution >= 0.6 is 0 Å². The molecule has 2 N–H and O–H groups in total. The SMILES string of the molecule is CCOc1ccc(CC(=O)Nc2cc(C)nn2-c2nc3c(c(=O)[nH]2)CCC3)cc1. The molecule has 8 heteroatoms. The topological polar surface area (TPSA) is 102 Å². The van der Waals surface area contributed by atoms with Gasteiger partial charge in [0.25, 0.3) is 5.56 Å². The van der Waals surface area contributed by atoms with Crippen LogP contribution in [-0.4, -0.2) is 32.3 Å². The highest BCUT2D eigenvalue weighted by Gasteiger charge is 2.20. The van der Waals surface area contributed by atoms with Gasteiger partial charge in [-0.1, -0.05) is 12.1 Å². The van der Waals surface area contributed by atoms with Gasteiger partial charge in [-0.15, -0.1) is 0 Å².